The van der Waals surface area contributed by atoms with Gasteiger partial charge in [-0.2, -0.15) is 0 Å². The summed E-state index contributed by atoms with van der Waals surface area (Å²) in [5.74, 6) is 0.937. The van der Waals surface area contributed by atoms with Crippen LogP contribution in [-0.2, 0) is 9.59 Å². The van der Waals surface area contributed by atoms with Gasteiger partial charge in [0.25, 0.3) is 5.91 Å². The number of aliphatic imine (C=N–C) groups is 1. The molecule has 2 aromatic rings. The number of anilines is 2. The SMILES string of the molecule is Cc1ccc(N2C(=O)CN=C2SCC(=O)N2CCN(c3ncccn3)CC2)cc1. The number of thioether (sulfide) groups is 1. The first kappa shape index (κ1) is 19.4. The second kappa shape index (κ2) is 8.60. The molecule has 8 nitrogen and oxygen atoms in total. The zero-order valence-electron chi connectivity index (χ0n) is 16.2. The van der Waals surface area contributed by atoms with Crippen molar-refractivity contribution in [3.63, 3.8) is 0 Å². The Hall–Kier alpha value is -2.94. The molecule has 29 heavy (non-hydrogen) atoms. The Morgan fingerprint density at radius 2 is 1.76 bits per heavy atom. The number of amides is 2. The Labute approximate surface area is 173 Å². The monoisotopic (exact) mass is 410 g/mol. The van der Waals surface area contributed by atoms with Crippen LogP contribution in [0.2, 0.25) is 0 Å². The molecule has 1 aromatic carbocycles. The van der Waals surface area contributed by atoms with Crippen molar-refractivity contribution in [1.82, 2.24) is 14.9 Å². The van der Waals surface area contributed by atoms with Gasteiger partial charge in [0.05, 0.1) is 11.4 Å². The van der Waals surface area contributed by atoms with E-state index in [1.165, 1.54) is 11.8 Å². The maximum Gasteiger partial charge on any atom is 0.254 e. The average Bonchev–Trinajstić information content (AvgIpc) is 3.13. The molecule has 0 bridgehead atoms. The quantitative estimate of drug-likeness (QED) is 0.761. The van der Waals surface area contributed by atoms with Crippen molar-refractivity contribution in [3.05, 3.63) is 48.3 Å². The van der Waals surface area contributed by atoms with Gasteiger partial charge in [0.1, 0.15) is 6.54 Å². The van der Waals surface area contributed by atoms with Crippen molar-refractivity contribution in [2.75, 3.05) is 48.3 Å². The normalized spacial score (nSPS) is 16.9. The summed E-state index contributed by atoms with van der Waals surface area (Å²) in [5, 5.41) is 0.587. The Morgan fingerprint density at radius 3 is 2.45 bits per heavy atom. The van der Waals surface area contributed by atoms with Gasteiger partial charge in [0.2, 0.25) is 11.9 Å². The van der Waals surface area contributed by atoms with Crippen LogP contribution in [0.25, 0.3) is 0 Å². The zero-order valence-corrected chi connectivity index (χ0v) is 17.0. The summed E-state index contributed by atoms with van der Waals surface area (Å²) in [7, 11) is 0. The molecular weight excluding hydrogens is 388 g/mol. The summed E-state index contributed by atoms with van der Waals surface area (Å²) >= 11 is 1.32. The average molecular weight is 411 g/mol. The number of nitrogens with zero attached hydrogens (tertiary/aromatic N) is 6. The molecular formula is C20H22N6O2S. The van der Waals surface area contributed by atoms with Crippen LogP contribution in [0.15, 0.2) is 47.7 Å². The summed E-state index contributed by atoms with van der Waals surface area (Å²) < 4.78 is 0. The van der Waals surface area contributed by atoms with E-state index in [0.29, 0.717) is 37.3 Å². The minimum Gasteiger partial charge on any atom is -0.338 e. The van der Waals surface area contributed by atoms with Crippen LogP contribution in [-0.4, -0.2) is 70.3 Å². The highest BCUT2D eigenvalue weighted by atomic mass is 32.2. The Kier molecular flexibility index (Phi) is 5.75. The highest BCUT2D eigenvalue weighted by molar-refractivity contribution is 8.14. The number of carbonyl (C=O) groups is 2. The second-order valence-electron chi connectivity index (χ2n) is 6.87. The molecule has 3 heterocycles. The predicted molar refractivity (Wildman–Crippen MR) is 114 cm³/mol. The number of hydrogen-bond acceptors (Lipinski definition) is 7. The van der Waals surface area contributed by atoms with E-state index in [9.17, 15) is 9.59 Å². The number of amidine groups is 1. The summed E-state index contributed by atoms with van der Waals surface area (Å²) in [6.07, 6.45) is 3.44. The minimum absolute atomic E-state index is 0.0505. The van der Waals surface area contributed by atoms with Gasteiger partial charge in [-0.3, -0.25) is 19.5 Å². The fraction of sp³-hybridized carbons (Fsp3) is 0.350. The van der Waals surface area contributed by atoms with E-state index < -0.39 is 0 Å². The fourth-order valence-corrected chi connectivity index (χ4v) is 4.20. The number of piperazine rings is 1. The highest BCUT2D eigenvalue weighted by Crippen LogP contribution is 2.24. The van der Waals surface area contributed by atoms with Gasteiger partial charge in [0.15, 0.2) is 5.17 Å². The van der Waals surface area contributed by atoms with Crippen molar-refractivity contribution < 1.29 is 9.59 Å². The lowest BCUT2D eigenvalue weighted by Gasteiger charge is -2.34. The van der Waals surface area contributed by atoms with Crippen molar-refractivity contribution >= 4 is 40.4 Å². The van der Waals surface area contributed by atoms with Crippen LogP contribution in [0.4, 0.5) is 11.6 Å². The van der Waals surface area contributed by atoms with Crippen LogP contribution >= 0.6 is 11.8 Å². The largest absolute Gasteiger partial charge is 0.338 e. The Bertz CT molecular complexity index is 910. The van der Waals surface area contributed by atoms with E-state index in [4.69, 9.17) is 0 Å². The topological polar surface area (TPSA) is 82.0 Å². The molecule has 0 saturated carbocycles. The molecule has 1 aromatic heterocycles. The lowest BCUT2D eigenvalue weighted by molar-refractivity contribution is -0.128. The van der Waals surface area contributed by atoms with Crippen molar-refractivity contribution in [3.8, 4) is 0 Å². The first-order valence-corrected chi connectivity index (χ1v) is 10.5. The Morgan fingerprint density at radius 1 is 1.07 bits per heavy atom. The molecule has 0 atom stereocenters. The van der Waals surface area contributed by atoms with Crippen molar-refractivity contribution in [2.45, 2.75) is 6.92 Å². The molecule has 0 aliphatic carbocycles. The van der Waals surface area contributed by atoms with Gasteiger partial charge >= 0.3 is 0 Å². The summed E-state index contributed by atoms with van der Waals surface area (Å²) in [4.78, 5) is 43.3. The molecule has 0 N–H and O–H groups in total. The lowest BCUT2D eigenvalue weighted by Crippen LogP contribution is -2.50. The fourth-order valence-electron chi connectivity index (χ4n) is 3.27. The molecule has 2 amide bonds. The van der Waals surface area contributed by atoms with E-state index in [0.717, 1.165) is 11.3 Å². The van der Waals surface area contributed by atoms with Crippen LogP contribution in [0.3, 0.4) is 0 Å². The van der Waals surface area contributed by atoms with Crippen molar-refractivity contribution in [1.29, 1.82) is 0 Å². The highest BCUT2D eigenvalue weighted by Gasteiger charge is 2.29. The minimum atomic E-state index is -0.0692. The Balaban J connectivity index is 1.31. The van der Waals surface area contributed by atoms with Gasteiger partial charge < -0.3 is 9.80 Å². The third kappa shape index (κ3) is 4.40. The summed E-state index contributed by atoms with van der Waals surface area (Å²) in [6.45, 7) is 4.79. The molecule has 1 fully saturated rings. The molecule has 0 unspecified atom stereocenters. The van der Waals surface area contributed by atoms with Crippen LogP contribution in [0.1, 0.15) is 5.56 Å². The van der Waals surface area contributed by atoms with E-state index in [-0.39, 0.29) is 24.1 Å². The number of rotatable bonds is 4. The summed E-state index contributed by atoms with van der Waals surface area (Å²) in [6, 6.07) is 9.52. The van der Waals surface area contributed by atoms with Crippen LogP contribution < -0.4 is 9.80 Å². The van der Waals surface area contributed by atoms with Gasteiger partial charge in [-0.05, 0) is 25.1 Å². The number of hydrogen-bond donors (Lipinski definition) is 0. The smallest absolute Gasteiger partial charge is 0.254 e. The van der Waals surface area contributed by atoms with Gasteiger partial charge in [-0.1, -0.05) is 29.5 Å². The standard InChI is InChI=1S/C20H22N6O2S/c1-15-3-5-16(6-4-15)26-17(27)13-23-20(26)29-14-18(28)24-9-11-25(12-10-24)19-21-7-2-8-22-19/h2-8H,9-14H2,1H3. The number of carbonyl (C=O) groups excluding carboxylic acids is 2. The number of aromatic nitrogens is 2. The van der Waals surface area contributed by atoms with Gasteiger partial charge in [0, 0.05) is 38.6 Å². The van der Waals surface area contributed by atoms with Crippen molar-refractivity contribution in [2.24, 2.45) is 4.99 Å². The summed E-state index contributed by atoms with van der Waals surface area (Å²) in [5.41, 5.74) is 1.91. The lowest BCUT2D eigenvalue weighted by atomic mass is 10.2. The molecule has 4 rings (SSSR count). The first-order valence-electron chi connectivity index (χ1n) is 9.48. The maximum atomic E-state index is 12.7. The molecule has 9 heteroatoms. The first-order chi connectivity index (χ1) is 14.1. The van der Waals surface area contributed by atoms with Crippen LogP contribution in [0.5, 0.6) is 0 Å². The van der Waals surface area contributed by atoms with Gasteiger partial charge in [-0.25, -0.2) is 9.97 Å². The van der Waals surface area contributed by atoms with Crippen LogP contribution in [0, 0.1) is 6.92 Å². The predicted octanol–water partition coefficient (Wildman–Crippen LogP) is 1.57. The third-order valence-electron chi connectivity index (χ3n) is 4.87. The molecule has 1 saturated heterocycles. The second-order valence-corrected chi connectivity index (χ2v) is 7.81. The number of aryl methyl sites for hydroxylation is 1. The molecule has 150 valence electrons. The van der Waals surface area contributed by atoms with Gasteiger partial charge in [-0.15, -0.1) is 0 Å². The molecule has 2 aliphatic rings. The van der Waals surface area contributed by atoms with E-state index in [2.05, 4.69) is 19.9 Å². The molecule has 0 radical (unpaired) electrons. The number of benzene rings is 1. The maximum absolute atomic E-state index is 12.7. The van der Waals surface area contributed by atoms with E-state index in [1.54, 1.807) is 23.4 Å². The molecule has 2 aliphatic heterocycles. The van der Waals surface area contributed by atoms with E-state index >= 15 is 0 Å². The molecule has 0 spiro atoms. The zero-order chi connectivity index (χ0) is 20.2. The third-order valence-corrected chi connectivity index (χ3v) is 5.84. The van der Waals surface area contributed by atoms with E-state index in [1.807, 2.05) is 36.1 Å².